The van der Waals surface area contributed by atoms with Crippen LogP contribution in [-0.2, 0) is 5.72 Å². The summed E-state index contributed by atoms with van der Waals surface area (Å²) in [6.07, 6.45) is 0. The molecular weight excluding hydrogens is 296 g/mol. The Bertz CT molecular complexity index is 890. The molecule has 0 radical (unpaired) electrons. The van der Waals surface area contributed by atoms with Crippen molar-refractivity contribution in [2.24, 2.45) is 4.99 Å². The van der Waals surface area contributed by atoms with Gasteiger partial charge in [0.2, 0.25) is 0 Å². The first kappa shape index (κ1) is 14.7. The van der Waals surface area contributed by atoms with E-state index in [-0.39, 0.29) is 0 Å². The Hall–Kier alpha value is -2.91. The predicted octanol–water partition coefficient (Wildman–Crippen LogP) is 4.45. The minimum absolute atomic E-state index is 0.756. The average Bonchev–Trinajstić information content (AvgIpc) is 2.63. The molecule has 0 bridgehead atoms. The van der Waals surface area contributed by atoms with Crippen LogP contribution < -0.4 is 4.90 Å². The molecule has 3 heteroatoms. The van der Waals surface area contributed by atoms with Crippen molar-refractivity contribution >= 4 is 17.2 Å². The van der Waals surface area contributed by atoms with E-state index < -0.39 is 5.72 Å². The Balaban J connectivity index is 2.02. The second-order valence-electron chi connectivity index (χ2n) is 5.89. The molecule has 1 heterocycles. The molecule has 3 nitrogen and oxygen atoms in total. The van der Waals surface area contributed by atoms with Crippen molar-refractivity contribution in [2.75, 3.05) is 4.90 Å². The van der Waals surface area contributed by atoms with Crippen LogP contribution in [0.15, 0.2) is 89.9 Å². The lowest BCUT2D eigenvalue weighted by molar-refractivity contribution is 0.0899. The summed E-state index contributed by atoms with van der Waals surface area (Å²) in [5.41, 5.74) is 2.00. The summed E-state index contributed by atoms with van der Waals surface area (Å²) >= 11 is 0. The molecular formula is C21H18N2O. The lowest BCUT2D eigenvalue weighted by atomic mass is 9.89. The summed E-state index contributed by atoms with van der Waals surface area (Å²) in [5, 5.41) is 11.9. The summed E-state index contributed by atoms with van der Waals surface area (Å²) < 4.78 is 0. The number of rotatable bonds is 2. The van der Waals surface area contributed by atoms with E-state index in [0.717, 1.165) is 28.3 Å². The molecule has 0 unspecified atom stereocenters. The van der Waals surface area contributed by atoms with Crippen LogP contribution in [0.4, 0.5) is 11.4 Å². The number of hydrogen-bond acceptors (Lipinski definition) is 3. The Morgan fingerprint density at radius 2 is 1.38 bits per heavy atom. The molecule has 0 amide bonds. The van der Waals surface area contributed by atoms with Crippen LogP contribution in [-0.4, -0.2) is 10.9 Å². The number of aliphatic imine (C=N–C) groups is 1. The molecule has 1 aliphatic rings. The zero-order valence-corrected chi connectivity index (χ0v) is 13.4. The summed E-state index contributed by atoms with van der Waals surface area (Å²) in [5.74, 6) is 0.756. The van der Waals surface area contributed by atoms with E-state index in [9.17, 15) is 5.11 Å². The number of benzene rings is 3. The summed E-state index contributed by atoms with van der Waals surface area (Å²) in [7, 11) is 0. The van der Waals surface area contributed by atoms with Gasteiger partial charge in [0, 0.05) is 16.8 Å². The molecule has 24 heavy (non-hydrogen) atoms. The number of fused-ring (bicyclic) bond motifs is 1. The molecule has 118 valence electrons. The topological polar surface area (TPSA) is 35.8 Å². The SMILES string of the molecule is CC1=Nc2ccccc2[C@](O)(c2ccccc2)N1c1ccccc1. The van der Waals surface area contributed by atoms with Crippen LogP contribution >= 0.6 is 0 Å². The molecule has 0 saturated carbocycles. The van der Waals surface area contributed by atoms with Crippen LogP contribution in [0.25, 0.3) is 0 Å². The first-order valence-electron chi connectivity index (χ1n) is 7.99. The minimum Gasteiger partial charge on any atom is -0.363 e. The van der Waals surface area contributed by atoms with Crippen molar-refractivity contribution < 1.29 is 5.11 Å². The smallest absolute Gasteiger partial charge is 0.198 e. The first-order chi connectivity index (χ1) is 11.7. The van der Waals surface area contributed by atoms with E-state index in [1.165, 1.54) is 0 Å². The zero-order valence-electron chi connectivity index (χ0n) is 13.4. The molecule has 1 N–H and O–H groups in total. The van der Waals surface area contributed by atoms with Crippen LogP contribution in [0, 0.1) is 0 Å². The maximum absolute atomic E-state index is 11.9. The van der Waals surface area contributed by atoms with E-state index in [1.54, 1.807) is 0 Å². The van der Waals surface area contributed by atoms with Gasteiger partial charge in [-0.2, -0.15) is 0 Å². The van der Waals surface area contributed by atoms with Gasteiger partial charge in [0.25, 0.3) is 0 Å². The lowest BCUT2D eigenvalue weighted by Gasteiger charge is -2.44. The minimum atomic E-state index is -1.30. The van der Waals surface area contributed by atoms with Crippen molar-refractivity contribution in [1.82, 2.24) is 0 Å². The molecule has 0 saturated heterocycles. The molecule has 1 aliphatic heterocycles. The highest BCUT2D eigenvalue weighted by molar-refractivity contribution is 6.01. The van der Waals surface area contributed by atoms with Crippen LogP contribution in [0.1, 0.15) is 18.1 Å². The highest BCUT2D eigenvalue weighted by Crippen LogP contribution is 2.44. The highest BCUT2D eigenvalue weighted by Gasteiger charge is 2.44. The van der Waals surface area contributed by atoms with Crippen molar-refractivity contribution in [3.05, 3.63) is 96.1 Å². The first-order valence-corrected chi connectivity index (χ1v) is 7.99. The van der Waals surface area contributed by atoms with Crippen molar-refractivity contribution in [3.8, 4) is 0 Å². The molecule has 3 aromatic rings. The third-order valence-corrected chi connectivity index (χ3v) is 4.40. The highest BCUT2D eigenvalue weighted by atomic mass is 16.3. The van der Waals surface area contributed by atoms with Gasteiger partial charge in [-0.05, 0) is 25.1 Å². The summed E-state index contributed by atoms with van der Waals surface area (Å²) in [4.78, 5) is 6.60. The fourth-order valence-corrected chi connectivity index (χ4v) is 3.35. The van der Waals surface area contributed by atoms with E-state index in [2.05, 4.69) is 0 Å². The normalized spacial score (nSPS) is 19.6. The molecule has 3 aromatic carbocycles. The van der Waals surface area contributed by atoms with Gasteiger partial charge < -0.3 is 5.11 Å². The van der Waals surface area contributed by atoms with E-state index in [4.69, 9.17) is 4.99 Å². The fourth-order valence-electron chi connectivity index (χ4n) is 3.35. The maximum atomic E-state index is 11.9. The number of nitrogens with zero attached hydrogens (tertiary/aromatic N) is 2. The second kappa shape index (κ2) is 5.62. The van der Waals surface area contributed by atoms with Crippen LogP contribution in [0.2, 0.25) is 0 Å². The molecule has 4 rings (SSSR count). The third kappa shape index (κ3) is 2.14. The zero-order chi connectivity index (χ0) is 16.6. The number of anilines is 1. The van der Waals surface area contributed by atoms with E-state index in [1.807, 2.05) is 96.8 Å². The quantitative estimate of drug-likeness (QED) is 0.758. The number of para-hydroxylation sites is 2. The van der Waals surface area contributed by atoms with Gasteiger partial charge in [0.05, 0.1) is 5.69 Å². The molecule has 0 spiro atoms. The van der Waals surface area contributed by atoms with Crippen molar-refractivity contribution in [1.29, 1.82) is 0 Å². The monoisotopic (exact) mass is 314 g/mol. The average molecular weight is 314 g/mol. The Labute approximate surface area is 141 Å². The predicted molar refractivity (Wildman–Crippen MR) is 97.6 cm³/mol. The third-order valence-electron chi connectivity index (χ3n) is 4.40. The number of hydrogen-bond donors (Lipinski definition) is 1. The van der Waals surface area contributed by atoms with Gasteiger partial charge in [-0.1, -0.05) is 66.7 Å². The van der Waals surface area contributed by atoms with E-state index in [0.29, 0.717) is 0 Å². The Morgan fingerprint density at radius 1 is 0.792 bits per heavy atom. The van der Waals surface area contributed by atoms with Gasteiger partial charge in [-0.3, -0.25) is 4.90 Å². The largest absolute Gasteiger partial charge is 0.363 e. The Kier molecular flexibility index (Phi) is 3.44. The van der Waals surface area contributed by atoms with Crippen molar-refractivity contribution in [2.45, 2.75) is 12.6 Å². The molecule has 0 aliphatic carbocycles. The van der Waals surface area contributed by atoms with Crippen molar-refractivity contribution in [3.63, 3.8) is 0 Å². The second-order valence-corrected chi connectivity index (χ2v) is 5.89. The lowest BCUT2D eigenvalue weighted by Crippen LogP contribution is -2.51. The van der Waals surface area contributed by atoms with Crippen LogP contribution in [0.5, 0.6) is 0 Å². The summed E-state index contributed by atoms with van der Waals surface area (Å²) in [6.45, 7) is 1.93. The summed E-state index contributed by atoms with van der Waals surface area (Å²) in [6, 6.07) is 27.4. The molecule has 1 atom stereocenters. The number of aliphatic hydroxyl groups is 1. The van der Waals surface area contributed by atoms with Gasteiger partial charge in [0.1, 0.15) is 5.84 Å². The molecule has 0 fully saturated rings. The maximum Gasteiger partial charge on any atom is 0.198 e. The Morgan fingerprint density at radius 3 is 2.08 bits per heavy atom. The van der Waals surface area contributed by atoms with Gasteiger partial charge in [-0.15, -0.1) is 0 Å². The standard InChI is InChI=1S/C21H18N2O/c1-16-22-20-15-9-8-14-19(20)21(24,17-10-4-2-5-11-17)23(16)18-12-6-3-7-13-18/h2-15,24H,1H3/t21-/m1/s1. The fraction of sp³-hybridized carbons (Fsp3) is 0.0952. The van der Waals surface area contributed by atoms with Gasteiger partial charge in [0.15, 0.2) is 5.72 Å². The van der Waals surface area contributed by atoms with E-state index >= 15 is 0 Å². The van der Waals surface area contributed by atoms with Gasteiger partial charge in [-0.25, -0.2) is 4.99 Å². The molecule has 0 aromatic heterocycles. The number of amidine groups is 1. The van der Waals surface area contributed by atoms with Crippen LogP contribution in [0.3, 0.4) is 0 Å². The van der Waals surface area contributed by atoms with Gasteiger partial charge >= 0.3 is 0 Å².